The van der Waals surface area contributed by atoms with Crippen molar-refractivity contribution >= 4 is 105 Å². The van der Waals surface area contributed by atoms with E-state index in [4.69, 9.17) is 0 Å². The van der Waals surface area contributed by atoms with Gasteiger partial charge in [0.25, 0.3) is 0 Å². The summed E-state index contributed by atoms with van der Waals surface area (Å²) >= 11 is -5.75. The van der Waals surface area contributed by atoms with Gasteiger partial charge in [-0.25, -0.2) is 0 Å². The maximum atomic E-state index is 9.63. The van der Waals surface area contributed by atoms with Gasteiger partial charge >= 0.3 is 442 Å². The Hall–Kier alpha value is -2.65. The SMILES string of the molecule is CCCC1=Cc2c(ccc(C)c2-c2cc([Si](C)(C)C)cc([Si](C)(C)C)c2)[CH]1[Zr]([Cl])([Cl])([c]1cccc2c1[SiH2]c1ccccc1-2)[CH]1C(CCC)=Cc2c1ccc(C)c2-c1cc([Si](C)(C)C)cc([Si](C)(C)C)c1. The molecular formula is C62H79Cl2Si5Zr. The summed E-state index contributed by atoms with van der Waals surface area (Å²) < 4.78 is 1.15. The number of hydrogen-bond acceptors (Lipinski definition) is 0. The van der Waals surface area contributed by atoms with Crippen LogP contribution in [0.4, 0.5) is 0 Å². The fourth-order valence-corrected chi connectivity index (χ4v) is 45.6. The van der Waals surface area contributed by atoms with Crippen LogP contribution in [0.15, 0.2) is 114 Å². The third kappa shape index (κ3) is 8.90. The van der Waals surface area contributed by atoms with Crippen molar-refractivity contribution in [3.8, 4) is 33.4 Å². The van der Waals surface area contributed by atoms with Crippen LogP contribution < -0.4 is 34.4 Å². The second-order valence-electron chi connectivity index (χ2n) is 25.7. The predicted octanol–water partition coefficient (Wildman–Crippen LogP) is 14.4. The minimum absolute atomic E-state index is 0.0883. The zero-order valence-electron chi connectivity index (χ0n) is 45.4. The van der Waals surface area contributed by atoms with E-state index in [-0.39, 0.29) is 7.25 Å². The number of hydrogen-bond donors (Lipinski definition) is 0. The van der Waals surface area contributed by atoms with E-state index in [0.717, 1.165) is 25.7 Å². The van der Waals surface area contributed by atoms with Crippen LogP contribution in [-0.2, 0) is 16.4 Å². The zero-order chi connectivity index (χ0) is 50.7. The molecule has 0 radical (unpaired) electrons. The normalized spacial score (nSPS) is 17.7. The molecule has 6 aromatic rings. The van der Waals surface area contributed by atoms with E-state index < -0.39 is 58.2 Å². The molecule has 2 unspecified atom stereocenters. The molecule has 9 rings (SSSR count). The van der Waals surface area contributed by atoms with Crippen LogP contribution in [-0.4, -0.2) is 41.8 Å². The van der Waals surface area contributed by atoms with Crippen molar-refractivity contribution in [1.82, 2.24) is 0 Å². The number of fused-ring (bicyclic) bond motifs is 5. The molecule has 2 atom stereocenters. The first kappa shape index (κ1) is 52.2. The van der Waals surface area contributed by atoms with Gasteiger partial charge in [0.15, 0.2) is 0 Å². The summed E-state index contributed by atoms with van der Waals surface area (Å²) in [5.74, 6) is 0. The van der Waals surface area contributed by atoms with Gasteiger partial charge in [-0.1, -0.05) is 0 Å². The number of rotatable bonds is 13. The summed E-state index contributed by atoms with van der Waals surface area (Å²) in [6.07, 6.45) is 9.25. The molecule has 6 aromatic carbocycles. The molecule has 3 aliphatic rings. The van der Waals surface area contributed by atoms with Crippen molar-refractivity contribution in [1.29, 1.82) is 0 Å². The predicted molar refractivity (Wildman–Crippen MR) is 327 cm³/mol. The van der Waals surface area contributed by atoms with E-state index in [1.165, 1.54) is 91.6 Å². The molecule has 0 bridgehead atoms. The van der Waals surface area contributed by atoms with Crippen LogP contribution in [0.1, 0.15) is 80.2 Å². The van der Waals surface area contributed by atoms with Crippen molar-refractivity contribution in [3.05, 3.63) is 148 Å². The monoisotopic (exact) mass is 1120 g/mol. The topological polar surface area (TPSA) is 0 Å². The van der Waals surface area contributed by atoms with Gasteiger partial charge in [0.2, 0.25) is 0 Å². The molecule has 8 heteroatoms. The van der Waals surface area contributed by atoms with Gasteiger partial charge in [0.1, 0.15) is 0 Å². The molecule has 0 fully saturated rings. The average Bonchev–Trinajstić information content (AvgIpc) is 3.97. The molecule has 70 heavy (non-hydrogen) atoms. The summed E-state index contributed by atoms with van der Waals surface area (Å²) in [6.45, 7) is 39.5. The van der Waals surface area contributed by atoms with Crippen molar-refractivity contribution in [2.24, 2.45) is 0 Å². The Morgan fingerprint density at radius 3 is 1.29 bits per heavy atom. The average molecular weight is 1130 g/mol. The summed E-state index contributed by atoms with van der Waals surface area (Å²) in [5, 5.41) is 9.20. The van der Waals surface area contributed by atoms with E-state index in [1.54, 1.807) is 20.7 Å². The van der Waals surface area contributed by atoms with E-state index in [1.807, 2.05) is 0 Å². The molecule has 0 spiro atoms. The third-order valence-electron chi connectivity index (χ3n) is 16.4. The number of allylic oxidation sites excluding steroid dienone is 2. The molecular weight excluding hydrogens is 1050 g/mol. The number of halogens is 2. The molecule has 1 heterocycles. The molecule has 0 aromatic heterocycles. The van der Waals surface area contributed by atoms with Crippen molar-refractivity contribution < 1.29 is 16.4 Å². The fourth-order valence-electron chi connectivity index (χ4n) is 12.6. The Kier molecular flexibility index (Phi) is 13.7. The van der Waals surface area contributed by atoms with Crippen molar-refractivity contribution in [2.75, 3.05) is 0 Å². The van der Waals surface area contributed by atoms with Crippen molar-refractivity contribution in [2.45, 2.75) is 139 Å². The quantitative estimate of drug-likeness (QED) is 0.101. The molecule has 2 aliphatic carbocycles. The van der Waals surface area contributed by atoms with E-state index in [0.29, 0.717) is 0 Å². The molecule has 1 aliphatic heterocycles. The summed E-state index contributed by atoms with van der Waals surface area (Å²) in [6, 6.07) is 41.6. The van der Waals surface area contributed by atoms with Gasteiger partial charge in [-0.05, 0) is 0 Å². The van der Waals surface area contributed by atoms with Crippen LogP contribution in [0.25, 0.3) is 45.5 Å². The Balaban J connectivity index is 1.38. The van der Waals surface area contributed by atoms with Crippen LogP contribution in [0.2, 0.25) is 78.6 Å². The van der Waals surface area contributed by atoms with Crippen LogP contribution in [0, 0.1) is 13.8 Å². The molecule has 0 nitrogen and oxygen atoms in total. The Morgan fingerprint density at radius 1 is 0.486 bits per heavy atom. The van der Waals surface area contributed by atoms with Gasteiger partial charge in [0.05, 0.1) is 0 Å². The van der Waals surface area contributed by atoms with Gasteiger partial charge < -0.3 is 0 Å². The van der Waals surface area contributed by atoms with Crippen LogP contribution in [0.3, 0.4) is 0 Å². The molecule has 0 saturated carbocycles. The van der Waals surface area contributed by atoms with Gasteiger partial charge in [0, 0.05) is 0 Å². The first-order valence-electron chi connectivity index (χ1n) is 26.4. The fraction of sp³-hybridized carbons (Fsp3) is 0.355. The standard InChI is InChI=1S/2C25H35Si2.C12H9Si.2ClH.Zr/c2*1-9-10-19-13-20-12-11-18(2)25(24(20)14-19)21-15-22(26(3,4)5)17-23(16-21)27(6,7)8;1-3-7-11-9(5-1)10-6-2-4-8-12(10)13-11;;;/h2*11-17H,9-10H2,1-8H3;1-7H,13H2;2*1H;/q;;;;;+2/p-2. The van der Waals surface area contributed by atoms with E-state index >= 15 is 0 Å². The Morgan fingerprint density at radius 2 is 0.886 bits per heavy atom. The molecule has 0 amide bonds. The molecule has 0 N–H and O–H groups in total. The zero-order valence-corrected chi connectivity index (χ0v) is 54.8. The second-order valence-corrected chi connectivity index (χ2v) is 68.5. The van der Waals surface area contributed by atoms with Gasteiger partial charge in [-0.15, -0.1) is 0 Å². The van der Waals surface area contributed by atoms with E-state index in [2.05, 4.69) is 222 Å². The third-order valence-corrected chi connectivity index (χ3v) is 47.3. The first-order valence-corrected chi connectivity index (χ1v) is 52.3. The number of aryl methyl sites for hydroxylation is 2. The summed E-state index contributed by atoms with van der Waals surface area (Å²) in [5.41, 5.74) is 19.3. The first-order chi connectivity index (χ1) is 32.7. The molecule has 365 valence electrons. The molecule has 0 saturated heterocycles. The maximum absolute atomic E-state index is 9.63. The van der Waals surface area contributed by atoms with Gasteiger partial charge in [-0.3, -0.25) is 0 Å². The van der Waals surface area contributed by atoms with Gasteiger partial charge in [-0.2, -0.15) is 0 Å². The Labute approximate surface area is 437 Å². The summed E-state index contributed by atoms with van der Waals surface area (Å²) in [4.78, 5) is 0. The second kappa shape index (κ2) is 18.3. The van der Waals surface area contributed by atoms with Crippen molar-refractivity contribution in [3.63, 3.8) is 0 Å². The van der Waals surface area contributed by atoms with Crippen LogP contribution >= 0.6 is 17.0 Å². The van der Waals surface area contributed by atoms with E-state index in [9.17, 15) is 17.0 Å². The Bertz CT molecular complexity index is 2940. The summed E-state index contributed by atoms with van der Waals surface area (Å²) in [7, 11) is 11.7. The number of benzene rings is 6. The minimum atomic E-state index is -5.75. The van der Waals surface area contributed by atoms with Crippen LogP contribution in [0.5, 0.6) is 0 Å².